The first-order valence-electron chi connectivity index (χ1n) is 5.24. The van der Waals surface area contributed by atoms with Gasteiger partial charge in [-0.1, -0.05) is 0 Å². The molecule has 0 aliphatic carbocycles. The van der Waals surface area contributed by atoms with E-state index in [4.69, 9.17) is 0 Å². The molecule has 0 aromatic rings. The zero-order valence-electron chi connectivity index (χ0n) is 9.10. The lowest BCUT2D eigenvalue weighted by Crippen LogP contribution is -2.43. The summed E-state index contributed by atoms with van der Waals surface area (Å²) in [7, 11) is 4.01. The number of halogens is 2. The number of nitrogens with zero attached hydrogens (tertiary/aromatic N) is 2. The number of hydrogen-bond acceptors (Lipinski definition) is 2. The van der Waals surface area contributed by atoms with E-state index in [0.717, 1.165) is 26.1 Å². The van der Waals surface area contributed by atoms with Gasteiger partial charge in [-0.15, -0.1) is 0 Å². The van der Waals surface area contributed by atoms with Crippen molar-refractivity contribution in [2.45, 2.75) is 25.2 Å². The monoisotopic (exact) mass is 206 g/mol. The van der Waals surface area contributed by atoms with Crippen molar-refractivity contribution in [2.75, 3.05) is 40.3 Å². The van der Waals surface area contributed by atoms with Gasteiger partial charge in [0.25, 0.3) is 5.92 Å². The molecule has 0 N–H and O–H groups in total. The van der Waals surface area contributed by atoms with E-state index in [1.807, 2.05) is 19.0 Å². The van der Waals surface area contributed by atoms with Gasteiger partial charge in [0.15, 0.2) is 0 Å². The lowest BCUT2D eigenvalue weighted by molar-refractivity contribution is -0.0641. The van der Waals surface area contributed by atoms with E-state index in [0.29, 0.717) is 6.42 Å². The molecule has 0 unspecified atom stereocenters. The maximum Gasteiger partial charge on any atom is 0.260 e. The second-order valence-corrected chi connectivity index (χ2v) is 4.39. The molecule has 84 valence electrons. The van der Waals surface area contributed by atoms with Gasteiger partial charge in [0.2, 0.25) is 0 Å². The first-order valence-corrected chi connectivity index (χ1v) is 5.24. The third-order valence-corrected chi connectivity index (χ3v) is 2.55. The summed E-state index contributed by atoms with van der Waals surface area (Å²) in [6, 6.07) is 0. The van der Waals surface area contributed by atoms with Gasteiger partial charge in [-0.05, 0) is 46.6 Å². The van der Waals surface area contributed by atoms with Crippen LogP contribution in [0.15, 0.2) is 0 Å². The van der Waals surface area contributed by atoms with Crippen molar-refractivity contribution in [2.24, 2.45) is 0 Å². The second kappa shape index (κ2) is 5.03. The van der Waals surface area contributed by atoms with Gasteiger partial charge in [0.1, 0.15) is 0 Å². The molecule has 14 heavy (non-hydrogen) atoms. The van der Waals surface area contributed by atoms with Crippen LogP contribution >= 0.6 is 0 Å². The average molecular weight is 206 g/mol. The molecule has 1 aliphatic rings. The summed E-state index contributed by atoms with van der Waals surface area (Å²) in [6.45, 7) is 2.57. The van der Waals surface area contributed by atoms with Crippen LogP contribution in [0.1, 0.15) is 19.3 Å². The molecule has 0 bridgehead atoms. The average Bonchev–Trinajstić information content (AvgIpc) is 2.01. The standard InChI is InChI=1S/C10H20F2N2/c1-13(2)6-4-8-14-7-3-5-10(11,12)9-14/h3-9H2,1-2H3. The predicted octanol–water partition coefficient (Wildman–Crippen LogP) is 1.67. The highest BCUT2D eigenvalue weighted by atomic mass is 19.3. The Morgan fingerprint density at radius 2 is 2.07 bits per heavy atom. The number of hydrogen-bond donors (Lipinski definition) is 0. The first kappa shape index (κ1) is 11.9. The molecule has 4 heteroatoms. The van der Waals surface area contributed by atoms with Crippen LogP contribution in [0.5, 0.6) is 0 Å². The molecule has 0 amide bonds. The lowest BCUT2D eigenvalue weighted by Gasteiger charge is -2.32. The van der Waals surface area contributed by atoms with Gasteiger partial charge in [0, 0.05) is 6.42 Å². The summed E-state index contributed by atoms with van der Waals surface area (Å²) in [6.07, 6.45) is 1.68. The number of alkyl halides is 2. The Morgan fingerprint density at radius 3 is 2.64 bits per heavy atom. The highest BCUT2D eigenvalue weighted by molar-refractivity contribution is 4.78. The third-order valence-electron chi connectivity index (χ3n) is 2.55. The van der Waals surface area contributed by atoms with Crippen LogP contribution < -0.4 is 0 Å². The highest BCUT2D eigenvalue weighted by Crippen LogP contribution is 2.26. The summed E-state index contributed by atoms with van der Waals surface area (Å²) >= 11 is 0. The quantitative estimate of drug-likeness (QED) is 0.690. The molecule has 0 spiro atoms. The van der Waals surface area contributed by atoms with E-state index >= 15 is 0 Å². The SMILES string of the molecule is CN(C)CCCN1CCCC(F)(F)C1. The summed E-state index contributed by atoms with van der Waals surface area (Å²) in [5.74, 6) is -2.45. The summed E-state index contributed by atoms with van der Waals surface area (Å²) in [5, 5.41) is 0. The minimum atomic E-state index is -2.45. The molecular formula is C10H20F2N2. The van der Waals surface area contributed by atoms with Gasteiger partial charge in [-0.2, -0.15) is 0 Å². The fraction of sp³-hybridized carbons (Fsp3) is 1.00. The van der Waals surface area contributed by atoms with Crippen LogP contribution in [-0.2, 0) is 0 Å². The smallest absolute Gasteiger partial charge is 0.260 e. The molecule has 1 saturated heterocycles. The Labute approximate surface area is 84.9 Å². The van der Waals surface area contributed by atoms with Gasteiger partial charge >= 0.3 is 0 Å². The second-order valence-electron chi connectivity index (χ2n) is 4.39. The Hall–Kier alpha value is -0.220. The van der Waals surface area contributed by atoms with Crippen molar-refractivity contribution in [3.05, 3.63) is 0 Å². The van der Waals surface area contributed by atoms with Crippen molar-refractivity contribution in [3.63, 3.8) is 0 Å². The zero-order chi connectivity index (χ0) is 10.6. The van der Waals surface area contributed by atoms with Crippen LogP contribution in [0.25, 0.3) is 0 Å². The molecule has 1 fully saturated rings. The fourth-order valence-corrected chi connectivity index (χ4v) is 1.85. The van der Waals surface area contributed by atoms with Gasteiger partial charge < -0.3 is 4.90 Å². The summed E-state index contributed by atoms with van der Waals surface area (Å²) in [4.78, 5) is 3.97. The zero-order valence-corrected chi connectivity index (χ0v) is 9.10. The Bertz CT molecular complexity index is 172. The van der Waals surface area contributed by atoms with Crippen LogP contribution in [0, 0.1) is 0 Å². The van der Waals surface area contributed by atoms with Crippen molar-refractivity contribution in [1.29, 1.82) is 0 Å². The Kier molecular flexibility index (Phi) is 4.26. The minimum absolute atomic E-state index is 0.0412. The highest BCUT2D eigenvalue weighted by Gasteiger charge is 2.34. The van der Waals surface area contributed by atoms with E-state index < -0.39 is 5.92 Å². The molecule has 1 aliphatic heterocycles. The molecule has 2 nitrogen and oxygen atoms in total. The Morgan fingerprint density at radius 1 is 1.36 bits per heavy atom. The normalized spacial score (nSPS) is 22.9. The van der Waals surface area contributed by atoms with Crippen LogP contribution in [0.4, 0.5) is 8.78 Å². The van der Waals surface area contributed by atoms with Gasteiger partial charge in [0.05, 0.1) is 6.54 Å². The molecule has 0 aromatic heterocycles. The van der Waals surface area contributed by atoms with E-state index in [2.05, 4.69) is 4.90 Å². The number of rotatable bonds is 4. The molecule has 1 rings (SSSR count). The maximum atomic E-state index is 13.0. The number of piperidine rings is 1. The maximum absolute atomic E-state index is 13.0. The fourth-order valence-electron chi connectivity index (χ4n) is 1.85. The van der Waals surface area contributed by atoms with E-state index in [1.165, 1.54) is 0 Å². The Balaban J connectivity index is 2.18. The van der Waals surface area contributed by atoms with Gasteiger partial charge in [-0.3, -0.25) is 4.90 Å². The van der Waals surface area contributed by atoms with Crippen molar-refractivity contribution in [3.8, 4) is 0 Å². The molecular weight excluding hydrogens is 186 g/mol. The van der Waals surface area contributed by atoms with Crippen molar-refractivity contribution < 1.29 is 8.78 Å². The molecule has 0 saturated carbocycles. The lowest BCUT2D eigenvalue weighted by atomic mass is 10.1. The van der Waals surface area contributed by atoms with E-state index in [-0.39, 0.29) is 13.0 Å². The van der Waals surface area contributed by atoms with Gasteiger partial charge in [-0.25, -0.2) is 8.78 Å². The summed E-state index contributed by atoms with van der Waals surface area (Å²) < 4.78 is 26.0. The molecule has 0 radical (unpaired) electrons. The molecule has 0 atom stereocenters. The first-order chi connectivity index (χ1) is 6.49. The summed E-state index contributed by atoms with van der Waals surface area (Å²) in [5.41, 5.74) is 0. The minimum Gasteiger partial charge on any atom is -0.309 e. The predicted molar refractivity (Wildman–Crippen MR) is 53.8 cm³/mol. The van der Waals surface area contributed by atoms with Crippen molar-refractivity contribution >= 4 is 0 Å². The molecule has 0 aromatic carbocycles. The van der Waals surface area contributed by atoms with Crippen molar-refractivity contribution in [1.82, 2.24) is 9.80 Å². The topological polar surface area (TPSA) is 6.48 Å². The number of likely N-dealkylation sites (tertiary alicyclic amines) is 1. The van der Waals surface area contributed by atoms with Crippen LogP contribution in [-0.4, -0.2) is 56.0 Å². The molecule has 1 heterocycles. The van der Waals surface area contributed by atoms with Crippen LogP contribution in [0.2, 0.25) is 0 Å². The van der Waals surface area contributed by atoms with E-state index in [9.17, 15) is 8.78 Å². The van der Waals surface area contributed by atoms with E-state index in [1.54, 1.807) is 0 Å². The third kappa shape index (κ3) is 4.33. The largest absolute Gasteiger partial charge is 0.309 e. The van der Waals surface area contributed by atoms with Crippen LogP contribution in [0.3, 0.4) is 0 Å².